The quantitative estimate of drug-likeness (QED) is 0.594. The summed E-state index contributed by atoms with van der Waals surface area (Å²) in [7, 11) is 0. The topological polar surface area (TPSA) is 17.1 Å². The molecule has 0 heterocycles. The fourth-order valence-electron chi connectivity index (χ4n) is 1.88. The number of hydrogen-bond donors (Lipinski definition) is 0. The molecule has 0 amide bonds. The summed E-state index contributed by atoms with van der Waals surface area (Å²) in [6, 6.07) is 0. The first kappa shape index (κ1) is 8.51. The van der Waals surface area contributed by atoms with Crippen LogP contribution in [0.4, 0.5) is 0 Å². The van der Waals surface area contributed by atoms with Gasteiger partial charge in [-0.15, -0.1) is 0 Å². The van der Waals surface area contributed by atoms with E-state index in [2.05, 4.69) is 26.8 Å². The molecule has 1 aliphatic carbocycles. The lowest BCUT2D eigenvalue weighted by Gasteiger charge is -2.22. The van der Waals surface area contributed by atoms with Gasteiger partial charge in [-0.25, -0.2) is 0 Å². The minimum Gasteiger partial charge on any atom is -0.295 e. The molecule has 0 spiro atoms. The summed E-state index contributed by atoms with van der Waals surface area (Å²) < 4.78 is 0. The zero-order chi connectivity index (χ0) is 8.48. The summed E-state index contributed by atoms with van der Waals surface area (Å²) in [5, 5.41) is 0. The fraction of sp³-hybridized carbons (Fsp3) is 0.700. The van der Waals surface area contributed by atoms with Gasteiger partial charge in [0.2, 0.25) is 0 Å². The van der Waals surface area contributed by atoms with Gasteiger partial charge in [0.05, 0.1) is 0 Å². The highest BCUT2D eigenvalue weighted by Gasteiger charge is 2.29. The normalized spacial score (nSPS) is 30.4. The number of rotatable bonds is 2. The lowest BCUT2D eigenvalue weighted by molar-refractivity contribution is -0.115. The first-order chi connectivity index (χ1) is 5.02. The van der Waals surface area contributed by atoms with Crippen LogP contribution in [0.5, 0.6) is 0 Å². The van der Waals surface area contributed by atoms with E-state index in [4.69, 9.17) is 0 Å². The van der Waals surface area contributed by atoms with Crippen LogP contribution in [0.25, 0.3) is 0 Å². The third-order valence-electron chi connectivity index (χ3n) is 2.12. The monoisotopic (exact) mass is 152 g/mol. The zero-order valence-corrected chi connectivity index (χ0v) is 7.55. The Bertz CT molecular complexity index is 191. The van der Waals surface area contributed by atoms with Crippen molar-refractivity contribution in [3.8, 4) is 0 Å². The van der Waals surface area contributed by atoms with Crippen LogP contribution in [0.15, 0.2) is 12.2 Å². The highest BCUT2D eigenvalue weighted by atomic mass is 16.1. The van der Waals surface area contributed by atoms with Crippen molar-refractivity contribution in [2.45, 2.75) is 33.6 Å². The van der Waals surface area contributed by atoms with Gasteiger partial charge in [0.1, 0.15) is 0 Å². The maximum Gasteiger partial charge on any atom is 0.156 e. The predicted molar refractivity (Wildman–Crippen MR) is 46.3 cm³/mol. The first-order valence-corrected chi connectivity index (χ1v) is 4.24. The molecule has 11 heavy (non-hydrogen) atoms. The van der Waals surface area contributed by atoms with Gasteiger partial charge < -0.3 is 0 Å². The van der Waals surface area contributed by atoms with Crippen molar-refractivity contribution in [3.63, 3.8) is 0 Å². The van der Waals surface area contributed by atoms with Crippen LogP contribution in [-0.2, 0) is 4.79 Å². The Morgan fingerprint density at radius 1 is 1.64 bits per heavy atom. The molecule has 1 unspecified atom stereocenters. The molecule has 0 saturated heterocycles. The molecule has 0 N–H and O–H groups in total. The SMILES string of the molecule is CC(C)CC1(C)C=CC(=O)C1. The van der Waals surface area contributed by atoms with Crippen molar-refractivity contribution in [3.05, 3.63) is 12.2 Å². The van der Waals surface area contributed by atoms with E-state index in [9.17, 15) is 4.79 Å². The van der Waals surface area contributed by atoms with E-state index >= 15 is 0 Å². The summed E-state index contributed by atoms with van der Waals surface area (Å²) >= 11 is 0. The van der Waals surface area contributed by atoms with Crippen LogP contribution in [0.2, 0.25) is 0 Å². The van der Waals surface area contributed by atoms with E-state index in [0.29, 0.717) is 12.3 Å². The molecule has 0 fully saturated rings. The van der Waals surface area contributed by atoms with E-state index in [1.165, 1.54) is 0 Å². The minimum atomic E-state index is 0.158. The summed E-state index contributed by atoms with van der Waals surface area (Å²) in [4.78, 5) is 11.0. The van der Waals surface area contributed by atoms with E-state index in [1.54, 1.807) is 6.08 Å². The molecule has 1 nitrogen and oxygen atoms in total. The van der Waals surface area contributed by atoms with Crippen molar-refractivity contribution in [1.82, 2.24) is 0 Å². The van der Waals surface area contributed by atoms with Crippen molar-refractivity contribution < 1.29 is 4.79 Å². The molecule has 1 rings (SSSR count). The molecule has 0 aromatic rings. The second-order valence-electron chi connectivity index (χ2n) is 4.23. The maximum absolute atomic E-state index is 11.0. The van der Waals surface area contributed by atoms with Gasteiger partial charge in [-0.3, -0.25) is 4.79 Å². The Kier molecular flexibility index (Phi) is 2.17. The third-order valence-corrected chi connectivity index (χ3v) is 2.12. The Labute approximate surface area is 68.5 Å². The number of carbonyl (C=O) groups is 1. The van der Waals surface area contributed by atoms with Gasteiger partial charge in [-0.2, -0.15) is 0 Å². The van der Waals surface area contributed by atoms with E-state index in [1.807, 2.05) is 0 Å². The van der Waals surface area contributed by atoms with Crippen LogP contribution < -0.4 is 0 Å². The molecule has 0 aromatic carbocycles. The average Bonchev–Trinajstić information content (AvgIpc) is 2.08. The fourth-order valence-corrected chi connectivity index (χ4v) is 1.88. The first-order valence-electron chi connectivity index (χ1n) is 4.24. The van der Waals surface area contributed by atoms with Gasteiger partial charge >= 0.3 is 0 Å². The van der Waals surface area contributed by atoms with Crippen molar-refractivity contribution in [2.24, 2.45) is 11.3 Å². The molecule has 1 heteroatoms. The van der Waals surface area contributed by atoms with Crippen molar-refractivity contribution >= 4 is 5.78 Å². The molecule has 1 atom stereocenters. The van der Waals surface area contributed by atoms with Gasteiger partial charge in [-0.1, -0.05) is 26.8 Å². The van der Waals surface area contributed by atoms with Crippen LogP contribution >= 0.6 is 0 Å². The Balaban J connectivity index is 2.56. The van der Waals surface area contributed by atoms with E-state index in [0.717, 1.165) is 6.42 Å². The molecule has 0 radical (unpaired) electrons. The standard InChI is InChI=1S/C10H16O/c1-8(2)6-10(3)5-4-9(11)7-10/h4-5,8H,6-7H2,1-3H3. The molecule has 0 aliphatic heterocycles. The average molecular weight is 152 g/mol. The van der Waals surface area contributed by atoms with E-state index in [-0.39, 0.29) is 11.2 Å². The molecule has 62 valence electrons. The summed E-state index contributed by atoms with van der Waals surface area (Å²) in [6.45, 7) is 6.55. The smallest absolute Gasteiger partial charge is 0.156 e. The van der Waals surface area contributed by atoms with Crippen LogP contribution in [0.1, 0.15) is 33.6 Å². The largest absolute Gasteiger partial charge is 0.295 e. The van der Waals surface area contributed by atoms with Gasteiger partial charge in [0.15, 0.2) is 5.78 Å². The number of ketones is 1. The lowest BCUT2D eigenvalue weighted by Crippen LogP contribution is -2.14. The molecule has 1 aliphatic rings. The number of carbonyl (C=O) groups excluding carboxylic acids is 1. The molecular weight excluding hydrogens is 136 g/mol. The Morgan fingerprint density at radius 2 is 2.27 bits per heavy atom. The van der Waals surface area contributed by atoms with Crippen LogP contribution in [0, 0.1) is 11.3 Å². The maximum atomic E-state index is 11.0. The van der Waals surface area contributed by atoms with Crippen molar-refractivity contribution in [1.29, 1.82) is 0 Å². The second-order valence-corrected chi connectivity index (χ2v) is 4.23. The molecular formula is C10H16O. The predicted octanol–water partition coefficient (Wildman–Crippen LogP) is 2.57. The number of allylic oxidation sites excluding steroid dienone is 2. The lowest BCUT2D eigenvalue weighted by atomic mass is 9.82. The van der Waals surface area contributed by atoms with Crippen LogP contribution in [0.3, 0.4) is 0 Å². The van der Waals surface area contributed by atoms with Crippen LogP contribution in [-0.4, -0.2) is 5.78 Å². The summed E-state index contributed by atoms with van der Waals surface area (Å²) in [5.41, 5.74) is 0.158. The Morgan fingerprint density at radius 3 is 2.64 bits per heavy atom. The highest BCUT2D eigenvalue weighted by Crippen LogP contribution is 2.35. The molecule has 0 aromatic heterocycles. The molecule has 0 saturated carbocycles. The third kappa shape index (κ3) is 2.18. The van der Waals surface area contributed by atoms with E-state index < -0.39 is 0 Å². The summed E-state index contributed by atoms with van der Waals surface area (Å²) in [5.74, 6) is 0.962. The minimum absolute atomic E-state index is 0.158. The van der Waals surface area contributed by atoms with Crippen molar-refractivity contribution in [2.75, 3.05) is 0 Å². The zero-order valence-electron chi connectivity index (χ0n) is 7.55. The van der Waals surface area contributed by atoms with Gasteiger partial charge in [0.25, 0.3) is 0 Å². The van der Waals surface area contributed by atoms with Gasteiger partial charge in [0, 0.05) is 6.42 Å². The van der Waals surface area contributed by atoms with Gasteiger partial charge in [-0.05, 0) is 23.8 Å². The molecule has 0 bridgehead atoms. The number of hydrogen-bond acceptors (Lipinski definition) is 1. The second kappa shape index (κ2) is 2.80. The highest BCUT2D eigenvalue weighted by molar-refractivity contribution is 5.92. The summed E-state index contributed by atoms with van der Waals surface area (Å²) in [6.07, 6.45) is 5.62. The Hall–Kier alpha value is -0.590.